The molecule has 0 atom stereocenters. The molecule has 0 unspecified atom stereocenters. The van der Waals surface area contributed by atoms with Crippen LogP contribution in [0.2, 0.25) is 0 Å². The van der Waals surface area contributed by atoms with Crippen molar-refractivity contribution in [2.45, 2.75) is 19.8 Å². The lowest BCUT2D eigenvalue weighted by Gasteiger charge is -2.14. The van der Waals surface area contributed by atoms with E-state index in [0.717, 1.165) is 10.5 Å². The quantitative estimate of drug-likeness (QED) is 0.736. The second-order valence-corrected chi connectivity index (χ2v) is 6.27. The fourth-order valence-corrected chi connectivity index (χ4v) is 2.68. The van der Waals surface area contributed by atoms with E-state index in [4.69, 9.17) is 4.74 Å². The van der Waals surface area contributed by atoms with Crippen LogP contribution in [0.4, 0.5) is 10.5 Å². The fourth-order valence-electron chi connectivity index (χ4n) is 2.68. The summed E-state index contributed by atoms with van der Waals surface area (Å²) < 4.78 is 5.86. The van der Waals surface area contributed by atoms with Crippen LogP contribution in [0.15, 0.2) is 48.5 Å². The van der Waals surface area contributed by atoms with Gasteiger partial charge in [-0.3, -0.25) is 14.5 Å². The molecule has 2 aromatic carbocycles. The number of hydrogen-bond donors (Lipinski definition) is 2. The van der Waals surface area contributed by atoms with Gasteiger partial charge in [-0.25, -0.2) is 4.79 Å². The number of aryl methyl sites for hydroxylation is 1. The number of benzene rings is 2. The van der Waals surface area contributed by atoms with E-state index < -0.39 is 6.03 Å². The predicted molar refractivity (Wildman–Crippen MR) is 101 cm³/mol. The number of anilines is 1. The van der Waals surface area contributed by atoms with E-state index in [-0.39, 0.29) is 31.3 Å². The summed E-state index contributed by atoms with van der Waals surface area (Å²) in [5, 5.41) is 5.27. The number of carbonyl (C=O) groups is 3. The molecule has 0 radical (unpaired) electrons. The molecule has 7 heteroatoms. The highest BCUT2D eigenvalue weighted by Gasteiger charge is 2.27. The molecule has 3 rings (SSSR count). The Hall–Kier alpha value is -3.35. The molecule has 140 valence electrons. The fraction of sp³-hybridized carbons (Fsp3) is 0.250. The first kappa shape index (κ1) is 18.4. The highest BCUT2D eigenvalue weighted by molar-refractivity contribution is 6.02. The van der Waals surface area contributed by atoms with Gasteiger partial charge in [0.05, 0.1) is 12.2 Å². The molecule has 1 saturated heterocycles. The van der Waals surface area contributed by atoms with Crippen LogP contribution in [0.3, 0.4) is 0 Å². The number of urea groups is 1. The minimum absolute atomic E-state index is 0.0226. The second-order valence-electron chi connectivity index (χ2n) is 6.27. The lowest BCUT2D eigenvalue weighted by Crippen LogP contribution is -2.32. The topological polar surface area (TPSA) is 87.7 Å². The largest absolute Gasteiger partial charge is 0.455 e. The number of nitrogens with zero attached hydrogens (tertiary/aromatic N) is 1. The maximum atomic E-state index is 12.2. The van der Waals surface area contributed by atoms with Gasteiger partial charge in [-0.1, -0.05) is 29.8 Å². The van der Waals surface area contributed by atoms with E-state index in [9.17, 15) is 14.4 Å². The molecule has 0 saturated carbocycles. The molecular weight excluding hydrogens is 346 g/mol. The molecule has 0 spiro atoms. The summed E-state index contributed by atoms with van der Waals surface area (Å²) in [5.41, 5.74) is 1.70. The van der Waals surface area contributed by atoms with Crippen molar-refractivity contribution in [1.82, 2.24) is 10.2 Å². The Balaban J connectivity index is 1.55. The van der Waals surface area contributed by atoms with Gasteiger partial charge < -0.3 is 15.4 Å². The predicted octanol–water partition coefficient (Wildman–Crippen LogP) is 3.06. The molecule has 2 aromatic rings. The van der Waals surface area contributed by atoms with Gasteiger partial charge in [0.2, 0.25) is 11.8 Å². The Kier molecular flexibility index (Phi) is 5.71. The molecule has 0 aromatic heterocycles. The van der Waals surface area contributed by atoms with Crippen LogP contribution in [0, 0.1) is 6.92 Å². The molecular formula is C20H21N3O4. The highest BCUT2D eigenvalue weighted by atomic mass is 16.5. The third-order valence-corrected chi connectivity index (χ3v) is 4.13. The number of amides is 4. The average Bonchev–Trinajstić information content (AvgIpc) is 2.97. The zero-order valence-corrected chi connectivity index (χ0v) is 15.0. The van der Waals surface area contributed by atoms with Crippen LogP contribution in [-0.2, 0) is 9.59 Å². The SMILES string of the molecule is Cc1ccc(Oc2ccccc2NC(=O)CCCN2C(=O)CNC2=O)cc1. The number of hydrogen-bond acceptors (Lipinski definition) is 4. The molecule has 1 aliphatic rings. The zero-order valence-electron chi connectivity index (χ0n) is 15.0. The van der Waals surface area contributed by atoms with E-state index in [0.29, 0.717) is 23.6 Å². The first-order valence-corrected chi connectivity index (χ1v) is 8.74. The normalized spacial score (nSPS) is 13.4. The van der Waals surface area contributed by atoms with Crippen LogP contribution in [0.5, 0.6) is 11.5 Å². The molecule has 2 N–H and O–H groups in total. The number of ether oxygens (including phenoxy) is 1. The summed E-state index contributed by atoms with van der Waals surface area (Å²) in [5.74, 6) is 0.754. The number of carbonyl (C=O) groups excluding carboxylic acids is 3. The Morgan fingerprint density at radius 1 is 1.15 bits per heavy atom. The Morgan fingerprint density at radius 3 is 2.59 bits per heavy atom. The number of nitrogens with one attached hydrogen (secondary N) is 2. The van der Waals surface area contributed by atoms with Crippen molar-refractivity contribution in [3.05, 3.63) is 54.1 Å². The number of para-hydroxylation sites is 2. The first-order valence-electron chi connectivity index (χ1n) is 8.74. The Labute approximate surface area is 157 Å². The summed E-state index contributed by atoms with van der Waals surface area (Å²) in [6.45, 7) is 2.24. The maximum absolute atomic E-state index is 12.2. The van der Waals surface area contributed by atoms with Crippen molar-refractivity contribution in [2.75, 3.05) is 18.4 Å². The van der Waals surface area contributed by atoms with Crippen molar-refractivity contribution >= 4 is 23.5 Å². The van der Waals surface area contributed by atoms with Gasteiger partial charge in [-0.05, 0) is 37.6 Å². The van der Waals surface area contributed by atoms with Gasteiger partial charge in [0.25, 0.3) is 0 Å². The molecule has 1 heterocycles. The van der Waals surface area contributed by atoms with Crippen LogP contribution >= 0.6 is 0 Å². The molecule has 1 aliphatic heterocycles. The summed E-state index contributed by atoms with van der Waals surface area (Å²) in [4.78, 5) is 36.3. The molecule has 0 aliphatic carbocycles. The van der Waals surface area contributed by atoms with Gasteiger partial charge in [0, 0.05) is 13.0 Å². The van der Waals surface area contributed by atoms with Crippen molar-refractivity contribution < 1.29 is 19.1 Å². The number of rotatable bonds is 7. The molecule has 1 fully saturated rings. The van der Waals surface area contributed by atoms with E-state index in [1.807, 2.05) is 43.3 Å². The Morgan fingerprint density at radius 2 is 1.89 bits per heavy atom. The summed E-state index contributed by atoms with van der Waals surface area (Å²) in [6.07, 6.45) is 0.585. The van der Waals surface area contributed by atoms with Crippen molar-refractivity contribution in [3.8, 4) is 11.5 Å². The number of imide groups is 1. The van der Waals surface area contributed by atoms with E-state index in [2.05, 4.69) is 10.6 Å². The van der Waals surface area contributed by atoms with Gasteiger partial charge in [0.1, 0.15) is 5.75 Å². The van der Waals surface area contributed by atoms with Gasteiger partial charge >= 0.3 is 6.03 Å². The van der Waals surface area contributed by atoms with Crippen molar-refractivity contribution in [2.24, 2.45) is 0 Å². The average molecular weight is 367 g/mol. The van der Waals surface area contributed by atoms with Crippen molar-refractivity contribution in [3.63, 3.8) is 0 Å². The molecule has 27 heavy (non-hydrogen) atoms. The highest BCUT2D eigenvalue weighted by Crippen LogP contribution is 2.29. The maximum Gasteiger partial charge on any atom is 0.324 e. The van der Waals surface area contributed by atoms with Gasteiger partial charge in [-0.2, -0.15) is 0 Å². The van der Waals surface area contributed by atoms with Crippen LogP contribution in [-0.4, -0.2) is 35.8 Å². The Bertz CT molecular complexity index is 833. The third kappa shape index (κ3) is 4.84. The van der Waals surface area contributed by atoms with Crippen LogP contribution in [0.25, 0.3) is 0 Å². The minimum atomic E-state index is -0.405. The smallest absolute Gasteiger partial charge is 0.324 e. The second kappa shape index (κ2) is 8.35. The lowest BCUT2D eigenvalue weighted by atomic mass is 10.2. The molecule has 0 bridgehead atoms. The van der Waals surface area contributed by atoms with Crippen LogP contribution < -0.4 is 15.4 Å². The van der Waals surface area contributed by atoms with Gasteiger partial charge in [-0.15, -0.1) is 0 Å². The van der Waals surface area contributed by atoms with Gasteiger partial charge in [0.15, 0.2) is 5.75 Å². The van der Waals surface area contributed by atoms with E-state index in [1.165, 1.54) is 0 Å². The molecule has 4 amide bonds. The first-order chi connectivity index (χ1) is 13.0. The monoisotopic (exact) mass is 367 g/mol. The third-order valence-electron chi connectivity index (χ3n) is 4.13. The minimum Gasteiger partial charge on any atom is -0.455 e. The zero-order chi connectivity index (χ0) is 19.2. The lowest BCUT2D eigenvalue weighted by molar-refractivity contribution is -0.125. The van der Waals surface area contributed by atoms with E-state index >= 15 is 0 Å². The molecule has 7 nitrogen and oxygen atoms in total. The summed E-state index contributed by atoms with van der Waals surface area (Å²) >= 11 is 0. The summed E-state index contributed by atoms with van der Waals surface area (Å²) in [7, 11) is 0. The van der Waals surface area contributed by atoms with Crippen LogP contribution in [0.1, 0.15) is 18.4 Å². The summed E-state index contributed by atoms with van der Waals surface area (Å²) in [6, 6.07) is 14.4. The van der Waals surface area contributed by atoms with Crippen molar-refractivity contribution in [1.29, 1.82) is 0 Å². The van der Waals surface area contributed by atoms with E-state index in [1.54, 1.807) is 12.1 Å². The standard InChI is InChI=1S/C20H21N3O4/c1-14-8-10-15(11-9-14)27-17-6-3-2-5-16(17)22-18(24)7-4-12-23-19(25)13-21-20(23)26/h2-3,5-6,8-11H,4,7,12-13H2,1H3,(H,21,26)(H,22,24).